The lowest BCUT2D eigenvalue weighted by molar-refractivity contribution is -0.151. The van der Waals surface area contributed by atoms with Crippen LogP contribution in [-0.2, 0) is 20.6 Å². The van der Waals surface area contributed by atoms with E-state index in [4.69, 9.17) is 16.3 Å². The Morgan fingerprint density at radius 1 is 1.18 bits per heavy atom. The average molecular weight is 501 g/mol. The van der Waals surface area contributed by atoms with Gasteiger partial charge in [0.1, 0.15) is 5.75 Å². The van der Waals surface area contributed by atoms with Crippen LogP contribution in [0.2, 0.25) is 5.02 Å². The van der Waals surface area contributed by atoms with Crippen LogP contribution in [0.5, 0.6) is 11.5 Å². The number of hydrogen-bond acceptors (Lipinski definition) is 7. The van der Waals surface area contributed by atoms with E-state index < -0.39 is 52.2 Å². The lowest BCUT2D eigenvalue weighted by Crippen LogP contribution is -2.59. The summed E-state index contributed by atoms with van der Waals surface area (Å²) in [5, 5.41) is 12.5. The molecular weight excluding hydrogens is 485 g/mol. The Hall–Kier alpha value is -3.87. The molecule has 2 aromatic rings. The number of barbiturate groups is 1. The van der Waals surface area contributed by atoms with Crippen LogP contribution in [0.15, 0.2) is 24.4 Å². The molecule has 180 valence electrons. The molecule has 14 heteroatoms. The summed E-state index contributed by atoms with van der Waals surface area (Å²) < 4.78 is 44.0. The number of phenolic OH excluding ortho intramolecular Hbond substituents is 1. The maximum Gasteiger partial charge on any atom is 0.417 e. The molecule has 5 amide bonds. The Kier molecular flexibility index (Phi) is 6.42. The summed E-state index contributed by atoms with van der Waals surface area (Å²) in [6.45, 7) is 0. The van der Waals surface area contributed by atoms with Crippen LogP contribution in [0.3, 0.4) is 0 Å². The van der Waals surface area contributed by atoms with Crippen LogP contribution in [0.4, 0.5) is 23.7 Å². The van der Waals surface area contributed by atoms with E-state index in [9.17, 15) is 37.5 Å². The molecule has 3 rings (SSSR count). The van der Waals surface area contributed by atoms with E-state index in [1.807, 2.05) is 0 Å². The lowest BCUT2D eigenvalue weighted by atomic mass is 10.0. The number of rotatable bonds is 4. The van der Waals surface area contributed by atoms with E-state index in [0.717, 1.165) is 14.1 Å². The van der Waals surface area contributed by atoms with Crippen LogP contribution in [0.1, 0.15) is 5.56 Å². The number of alkyl halides is 3. The largest absolute Gasteiger partial charge is 0.505 e. The minimum Gasteiger partial charge on any atom is -0.505 e. The van der Waals surface area contributed by atoms with Crippen molar-refractivity contribution in [3.8, 4) is 22.8 Å². The molecule has 10 nitrogen and oxygen atoms in total. The van der Waals surface area contributed by atoms with Crippen molar-refractivity contribution in [2.75, 3.05) is 26.5 Å². The first-order chi connectivity index (χ1) is 15.8. The van der Waals surface area contributed by atoms with Crippen molar-refractivity contribution < 1.29 is 42.2 Å². The maximum absolute atomic E-state index is 13.0. The van der Waals surface area contributed by atoms with Gasteiger partial charge in [-0.3, -0.25) is 29.2 Å². The second-order valence-electron chi connectivity index (χ2n) is 7.09. The monoisotopic (exact) mass is 500 g/mol. The second-order valence-corrected chi connectivity index (χ2v) is 7.50. The number of nitrogens with zero attached hydrogens (tertiary/aromatic N) is 3. The van der Waals surface area contributed by atoms with E-state index >= 15 is 0 Å². The molecule has 0 bridgehead atoms. The van der Waals surface area contributed by atoms with Gasteiger partial charge in [0.25, 0.3) is 11.8 Å². The summed E-state index contributed by atoms with van der Waals surface area (Å²) in [5.74, 6) is -5.96. The third-order valence-corrected chi connectivity index (χ3v) is 5.30. The zero-order valence-corrected chi connectivity index (χ0v) is 18.5. The Bertz CT molecular complexity index is 1200. The van der Waals surface area contributed by atoms with Crippen LogP contribution in [-0.4, -0.2) is 64.8 Å². The van der Waals surface area contributed by atoms with E-state index in [2.05, 4.69) is 10.3 Å². The van der Waals surface area contributed by atoms with Crippen molar-refractivity contribution in [2.24, 2.45) is 5.92 Å². The fraction of sp³-hybridized carbons (Fsp3) is 0.250. The van der Waals surface area contributed by atoms with Gasteiger partial charge < -0.3 is 15.2 Å². The fourth-order valence-corrected chi connectivity index (χ4v) is 3.45. The van der Waals surface area contributed by atoms with Gasteiger partial charge in [0, 0.05) is 20.3 Å². The third-order valence-electron chi connectivity index (χ3n) is 5.01. The van der Waals surface area contributed by atoms with E-state index in [1.165, 1.54) is 19.2 Å². The van der Waals surface area contributed by atoms with Crippen LogP contribution < -0.4 is 10.1 Å². The molecule has 2 N–H and O–H groups in total. The molecule has 1 aromatic heterocycles. The number of benzene rings is 1. The van der Waals surface area contributed by atoms with E-state index in [0.29, 0.717) is 22.1 Å². The Labute approximate surface area is 194 Å². The number of nitrogens with one attached hydrogen (secondary N) is 1. The third kappa shape index (κ3) is 4.21. The van der Waals surface area contributed by atoms with Crippen molar-refractivity contribution >= 4 is 41.0 Å². The number of anilines is 1. The summed E-state index contributed by atoms with van der Waals surface area (Å²) >= 11 is 5.99. The molecule has 2 heterocycles. The average Bonchev–Trinajstić information content (AvgIpc) is 2.77. The topological polar surface area (TPSA) is 129 Å². The van der Waals surface area contributed by atoms with Gasteiger partial charge in [-0.05, 0) is 18.2 Å². The highest BCUT2D eigenvalue weighted by atomic mass is 35.5. The molecule has 1 fully saturated rings. The molecule has 0 saturated carbocycles. The number of hydrogen-bond donors (Lipinski definition) is 2. The molecule has 1 aromatic carbocycles. The van der Waals surface area contributed by atoms with Gasteiger partial charge in [-0.2, -0.15) is 13.2 Å². The van der Waals surface area contributed by atoms with Crippen LogP contribution >= 0.6 is 11.6 Å². The number of urea groups is 1. The molecule has 0 aliphatic carbocycles. The summed E-state index contributed by atoms with van der Waals surface area (Å²) in [7, 11) is 3.40. The maximum atomic E-state index is 13.0. The first-order valence-electron chi connectivity index (χ1n) is 9.32. The van der Waals surface area contributed by atoms with Crippen molar-refractivity contribution in [1.82, 2.24) is 14.8 Å². The zero-order chi connectivity index (χ0) is 25.5. The highest BCUT2D eigenvalue weighted by Gasteiger charge is 2.47. The quantitative estimate of drug-likeness (QED) is 0.488. The number of phenols is 1. The number of aromatic hydroxyl groups is 1. The standard InChI is InChI=1S/C20H16ClF3N4O6/c1-27-17(31)13(18(32)28(2)19(27)33)16(30)26-10-4-5-11(34-3)12(15(10)29)14-9(21)6-8(7-25-14)20(22,23)24/h4-7,13,29H,1-3H3,(H,26,30). The normalized spacial score (nSPS) is 15.1. The summed E-state index contributed by atoms with van der Waals surface area (Å²) in [5.41, 5.74) is -1.97. The molecule has 34 heavy (non-hydrogen) atoms. The highest BCUT2D eigenvalue weighted by Crippen LogP contribution is 2.45. The Morgan fingerprint density at radius 2 is 1.76 bits per heavy atom. The SMILES string of the molecule is COc1ccc(NC(=O)C2C(=O)N(C)C(=O)N(C)C2=O)c(O)c1-c1ncc(C(F)(F)F)cc1Cl. The number of aromatic nitrogens is 1. The fourth-order valence-electron chi connectivity index (χ4n) is 3.19. The predicted molar refractivity (Wildman–Crippen MR) is 111 cm³/mol. The number of pyridine rings is 1. The Balaban J connectivity index is 2.02. The molecule has 0 spiro atoms. The number of halogens is 4. The summed E-state index contributed by atoms with van der Waals surface area (Å²) in [6.07, 6.45) is -4.20. The molecule has 0 atom stereocenters. The van der Waals surface area contributed by atoms with Crippen molar-refractivity contribution in [3.05, 3.63) is 35.0 Å². The van der Waals surface area contributed by atoms with Crippen molar-refractivity contribution in [2.45, 2.75) is 6.18 Å². The first-order valence-corrected chi connectivity index (χ1v) is 9.70. The van der Waals surface area contributed by atoms with Gasteiger partial charge in [-0.1, -0.05) is 11.6 Å². The molecule has 0 unspecified atom stereocenters. The van der Waals surface area contributed by atoms with Crippen LogP contribution in [0.25, 0.3) is 11.3 Å². The number of carbonyl (C=O) groups is 4. The van der Waals surface area contributed by atoms with Gasteiger partial charge in [0.15, 0.2) is 11.7 Å². The van der Waals surface area contributed by atoms with Gasteiger partial charge in [-0.25, -0.2) is 4.79 Å². The highest BCUT2D eigenvalue weighted by molar-refractivity contribution is 6.33. The van der Waals surface area contributed by atoms with Gasteiger partial charge in [0.05, 0.1) is 34.6 Å². The number of carbonyl (C=O) groups excluding carboxylic acids is 4. The van der Waals surface area contributed by atoms with Gasteiger partial charge in [-0.15, -0.1) is 0 Å². The first kappa shape index (κ1) is 24.8. The zero-order valence-electron chi connectivity index (χ0n) is 17.7. The number of methoxy groups -OCH3 is 1. The second kappa shape index (κ2) is 8.82. The molecule has 1 saturated heterocycles. The van der Waals surface area contributed by atoms with Gasteiger partial charge >= 0.3 is 12.2 Å². The lowest BCUT2D eigenvalue weighted by Gasteiger charge is -2.32. The minimum atomic E-state index is -4.71. The number of imide groups is 2. The summed E-state index contributed by atoms with van der Waals surface area (Å²) in [6, 6.07) is 2.11. The molecule has 0 radical (unpaired) electrons. The van der Waals surface area contributed by atoms with Crippen molar-refractivity contribution in [1.29, 1.82) is 0 Å². The smallest absolute Gasteiger partial charge is 0.417 e. The minimum absolute atomic E-state index is 0.0421. The van der Waals surface area contributed by atoms with Crippen LogP contribution in [0, 0.1) is 5.92 Å². The van der Waals surface area contributed by atoms with Gasteiger partial charge in [0.2, 0.25) is 5.91 Å². The predicted octanol–water partition coefficient (Wildman–Crippen LogP) is 2.74. The number of ether oxygens (including phenoxy) is 1. The molecule has 1 aliphatic rings. The summed E-state index contributed by atoms with van der Waals surface area (Å²) in [4.78, 5) is 54.2. The number of amides is 5. The van der Waals surface area contributed by atoms with Crippen molar-refractivity contribution in [3.63, 3.8) is 0 Å². The molecule has 1 aliphatic heterocycles. The van der Waals surface area contributed by atoms with E-state index in [1.54, 1.807) is 0 Å². The Morgan fingerprint density at radius 3 is 2.26 bits per heavy atom. The van der Waals surface area contributed by atoms with E-state index in [-0.39, 0.29) is 22.7 Å². The molecular formula is C20H16ClF3N4O6.